The van der Waals surface area contributed by atoms with Gasteiger partial charge < -0.3 is 9.88 Å². The van der Waals surface area contributed by atoms with E-state index in [1.54, 1.807) is 29.7 Å². The van der Waals surface area contributed by atoms with Crippen molar-refractivity contribution in [2.24, 2.45) is 5.92 Å². The number of aromatic nitrogens is 3. The van der Waals surface area contributed by atoms with E-state index in [9.17, 15) is 22.4 Å². The minimum absolute atomic E-state index is 0.0490. The van der Waals surface area contributed by atoms with Crippen LogP contribution < -0.4 is 5.32 Å². The molecule has 0 saturated heterocycles. The highest BCUT2D eigenvalue weighted by atomic mass is 32.2. The molecule has 3 rings (SSSR count). The van der Waals surface area contributed by atoms with Gasteiger partial charge in [0.15, 0.2) is 11.0 Å². The number of rotatable bonds is 7. The highest BCUT2D eigenvalue weighted by molar-refractivity contribution is 8.00. The van der Waals surface area contributed by atoms with E-state index in [1.807, 2.05) is 13.8 Å². The normalized spacial score (nSPS) is 12.8. The Bertz CT molecular complexity index is 1100. The van der Waals surface area contributed by atoms with E-state index in [0.29, 0.717) is 23.1 Å². The molecule has 170 valence electrons. The molecule has 0 aliphatic heterocycles. The number of hydrogen-bond donors (Lipinski definition) is 1. The number of thioether (sulfide) groups is 1. The van der Waals surface area contributed by atoms with Crippen molar-refractivity contribution in [2.45, 2.75) is 43.9 Å². The molecule has 32 heavy (non-hydrogen) atoms. The number of carbonyl (C=O) groups is 1. The molecule has 10 heteroatoms. The summed E-state index contributed by atoms with van der Waals surface area (Å²) in [4.78, 5) is 12.6. The van der Waals surface area contributed by atoms with Crippen molar-refractivity contribution in [1.82, 2.24) is 14.8 Å². The maximum absolute atomic E-state index is 14.3. The Hall–Kier alpha value is -2.88. The molecule has 2 aromatic carbocycles. The molecule has 1 atom stereocenters. The van der Waals surface area contributed by atoms with Crippen LogP contribution in [0.1, 0.15) is 26.3 Å². The second kappa shape index (κ2) is 9.72. The second-order valence-corrected chi connectivity index (χ2v) is 8.93. The van der Waals surface area contributed by atoms with Crippen LogP contribution >= 0.6 is 11.8 Å². The van der Waals surface area contributed by atoms with Gasteiger partial charge in [-0.2, -0.15) is 13.2 Å². The van der Waals surface area contributed by atoms with Gasteiger partial charge in [0.25, 0.3) is 0 Å². The fourth-order valence-corrected chi connectivity index (χ4v) is 3.83. The first-order valence-electron chi connectivity index (χ1n) is 9.89. The lowest BCUT2D eigenvalue weighted by Gasteiger charge is -2.16. The maximum Gasteiger partial charge on any atom is 0.416 e. The summed E-state index contributed by atoms with van der Waals surface area (Å²) in [5.41, 5.74) is -0.497. The molecule has 0 bridgehead atoms. The molecule has 1 amide bonds. The Morgan fingerprint density at radius 1 is 1.09 bits per heavy atom. The second-order valence-electron chi connectivity index (χ2n) is 7.62. The number of nitrogens with one attached hydrogen (secondary N) is 1. The largest absolute Gasteiger partial charge is 0.416 e. The Morgan fingerprint density at radius 2 is 1.81 bits per heavy atom. The monoisotopic (exact) mass is 466 g/mol. The third-order valence-corrected chi connectivity index (χ3v) is 5.57. The first kappa shape index (κ1) is 23.8. The number of hydrogen-bond acceptors (Lipinski definition) is 4. The molecule has 0 radical (unpaired) electrons. The topological polar surface area (TPSA) is 59.8 Å². The van der Waals surface area contributed by atoms with Gasteiger partial charge in [0.2, 0.25) is 5.91 Å². The summed E-state index contributed by atoms with van der Waals surface area (Å²) in [7, 11) is 0. The van der Waals surface area contributed by atoms with E-state index in [1.165, 1.54) is 18.2 Å². The highest BCUT2D eigenvalue weighted by Gasteiger charge is 2.30. The van der Waals surface area contributed by atoms with Gasteiger partial charge in [-0.05, 0) is 43.2 Å². The lowest BCUT2D eigenvalue weighted by molar-refractivity contribution is -0.137. The molecule has 5 nitrogen and oxygen atoms in total. The molecule has 0 aliphatic carbocycles. The van der Waals surface area contributed by atoms with Gasteiger partial charge in [-0.3, -0.25) is 4.79 Å². The fourth-order valence-electron chi connectivity index (χ4n) is 2.98. The van der Waals surface area contributed by atoms with E-state index < -0.39 is 28.7 Å². The van der Waals surface area contributed by atoms with Crippen molar-refractivity contribution < 1.29 is 22.4 Å². The standard InChI is InChI=1S/C22H22F4N4OS/c1-13(2)12-30-19(17-9-4-5-10-18(17)23)28-29-21(30)32-14(3)20(31)27-16-8-6-7-15(11-16)22(24,25)26/h4-11,13-14H,12H2,1-3H3,(H,27,31). The van der Waals surface area contributed by atoms with Gasteiger partial charge in [-0.15, -0.1) is 10.2 Å². The third-order valence-electron chi connectivity index (χ3n) is 4.49. The fraction of sp³-hybridized carbons (Fsp3) is 0.318. The van der Waals surface area contributed by atoms with Gasteiger partial charge in [0, 0.05) is 12.2 Å². The van der Waals surface area contributed by atoms with E-state index in [2.05, 4.69) is 15.5 Å². The zero-order valence-corrected chi connectivity index (χ0v) is 18.5. The Labute approximate surface area is 187 Å². The quantitative estimate of drug-likeness (QED) is 0.349. The Balaban J connectivity index is 1.81. The molecule has 0 saturated carbocycles. The first-order chi connectivity index (χ1) is 15.1. The average Bonchev–Trinajstić information content (AvgIpc) is 3.09. The lowest BCUT2D eigenvalue weighted by atomic mass is 10.2. The van der Waals surface area contributed by atoms with Crippen LogP contribution in [-0.4, -0.2) is 25.9 Å². The van der Waals surface area contributed by atoms with Crippen LogP contribution in [-0.2, 0) is 17.5 Å². The average molecular weight is 467 g/mol. The minimum atomic E-state index is -4.50. The van der Waals surface area contributed by atoms with Crippen LogP contribution in [0.2, 0.25) is 0 Å². The van der Waals surface area contributed by atoms with E-state index >= 15 is 0 Å². The summed E-state index contributed by atoms with van der Waals surface area (Å²) >= 11 is 1.10. The summed E-state index contributed by atoms with van der Waals surface area (Å²) in [6, 6.07) is 10.7. The predicted octanol–water partition coefficient (Wildman–Crippen LogP) is 5.88. The zero-order chi connectivity index (χ0) is 23.5. The molecule has 1 N–H and O–H groups in total. The number of alkyl halides is 3. The maximum atomic E-state index is 14.3. The number of carbonyl (C=O) groups excluding carboxylic acids is 1. The van der Waals surface area contributed by atoms with Crippen molar-refractivity contribution in [2.75, 3.05) is 5.32 Å². The molecular weight excluding hydrogens is 444 g/mol. The first-order valence-corrected chi connectivity index (χ1v) is 10.8. The lowest BCUT2D eigenvalue weighted by Crippen LogP contribution is -2.23. The third kappa shape index (κ3) is 5.67. The molecule has 1 aromatic heterocycles. The molecule has 3 aromatic rings. The van der Waals surface area contributed by atoms with Crippen molar-refractivity contribution in [3.05, 3.63) is 59.9 Å². The molecule has 0 spiro atoms. The van der Waals surface area contributed by atoms with Gasteiger partial charge in [-0.25, -0.2) is 4.39 Å². The van der Waals surface area contributed by atoms with Crippen molar-refractivity contribution >= 4 is 23.4 Å². The summed E-state index contributed by atoms with van der Waals surface area (Å²) in [6.45, 7) is 6.10. The van der Waals surface area contributed by atoms with Crippen LogP contribution in [0, 0.1) is 11.7 Å². The molecule has 1 unspecified atom stereocenters. The smallest absolute Gasteiger partial charge is 0.325 e. The van der Waals surface area contributed by atoms with E-state index in [4.69, 9.17) is 0 Å². The van der Waals surface area contributed by atoms with Gasteiger partial charge in [0.05, 0.1) is 16.4 Å². The van der Waals surface area contributed by atoms with Gasteiger partial charge in [0.1, 0.15) is 5.82 Å². The van der Waals surface area contributed by atoms with Crippen molar-refractivity contribution in [3.63, 3.8) is 0 Å². The zero-order valence-electron chi connectivity index (χ0n) is 17.7. The SMILES string of the molecule is CC(C)Cn1c(SC(C)C(=O)Nc2cccc(C(F)(F)F)c2)nnc1-c1ccccc1F. The number of amides is 1. The van der Waals surface area contributed by atoms with Gasteiger partial charge in [-0.1, -0.05) is 43.8 Å². The molecule has 1 heterocycles. The number of halogens is 4. The van der Waals surface area contributed by atoms with E-state index in [-0.39, 0.29) is 11.6 Å². The minimum Gasteiger partial charge on any atom is -0.325 e. The van der Waals surface area contributed by atoms with Crippen LogP contribution in [0.25, 0.3) is 11.4 Å². The number of benzene rings is 2. The summed E-state index contributed by atoms with van der Waals surface area (Å²) in [5.74, 6) is -0.368. The summed E-state index contributed by atoms with van der Waals surface area (Å²) < 4.78 is 54.8. The number of nitrogens with zero attached hydrogens (tertiary/aromatic N) is 3. The number of anilines is 1. The summed E-state index contributed by atoms with van der Waals surface area (Å²) in [6.07, 6.45) is -4.50. The van der Waals surface area contributed by atoms with Crippen LogP contribution in [0.5, 0.6) is 0 Å². The Morgan fingerprint density at radius 3 is 2.47 bits per heavy atom. The highest BCUT2D eigenvalue weighted by Crippen LogP contribution is 2.32. The van der Waals surface area contributed by atoms with Crippen LogP contribution in [0.4, 0.5) is 23.2 Å². The van der Waals surface area contributed by atoms with Crippen LogP contribution in [0.3, 0.4) is 0 Å². The molecule has 0 fully saturated rings. The molecule has 0 aliphatic rings. The van der Waals surface area contributed by atoms with Crippen molar-refractivity contribution in [1.29, 1.82) is 0 Å². The Kier molecular flexibility index (Phi) is 7.22. The van der Waals surface area contributed by atoms with Crippen molar-refractivity contribution in [3.8, 4) is 11.4 Å². The predicted molar refractivity (Wildman–Crippen MR) is 116 cm³/mol. The summed E-state index contributed by atoms with van der Waals surface area (Å²) in [5, 5.41) is 10.5. The molecular formula is C22H22F4N4OS. The van der Waals surface area contributed by atoms with Crippen LogP contribution in [0.15, 0.2) is 53.7 Å². The van der Waals surface area contributed by atoms with Gasteiger partial charge >= 0.3 is 6.18 Å². The van der Waals surface area contributed by atoms with E-state index in [0.717, 1.165) is 23.9 Å².